The fourth-order valence-corrected chi connectivity index (χ4v) is 8.49. The van der Waals surface area contributed by atoms with Crippen LogP contribution in [0, 0.1) is 31.3 Å². The van der Waals surface area contributed by atoms with Crippen LogP contribution in [0.4, 0.5) is 0 Å². The predicted octanol–water partition coefficient (Wildman–Crippen LogP) is 9.63. The summed E-state index contributed by atoms with van der Waals surface area (Å²) in [6.07, 6.45) is 3.89. The SMILES string of the molecule is Cc1ccc2c(c1)oc1c(-c3nc4ccncc4n3C)[c-]ccc12.[2H]C([2H])([2H])c1c[c-]c(-c2cc(C([2H])([2H])C(C)(C)C)[c]([Ge]([CH3])([CH3])[CH3])cn2)cc1.[Ir]. The van der Waals surface area contributed by atoms with Crippen molar-refractivity contribution >= 4 is 50.6 Å². The van der Waals surface area contributed by atoms with Gasteiger partial charge in [-0.15, -0.1) is 18.2 Å². The van der Waals surface area contributed by atoms with E-state index in [-0.39, 0.29) is 25.7 Å². The summed E-state index contributed by atoms with van der Waals surface area (Å²) < 4.78 is 49.3. The molecule has 0 unspecified atom stereocenters. The molecule has 0 amide bonds. The Kier molecular flexibility index (Phi) is 8.17. The Bertz CT molecular complexity index is 2390. The summed E-state index contributed by atoms with van der Waals surface area (Å²) >= 11 is -2.36. The molecule has 5 nitrogen and oxygen atoms in total. The number of benzene rings is 3. The number of fused-ring (bicyclic) bond motifs is 4. The molecule has 0 bridgehead atoms. The number of hydrogen-bond donors (Lipinski definition) is 0. The number of aryl methyl sites for hydroxylation is 3. The molecule has 0 spiro atoms. The van der Waals surface area contributed by atoms with Gasteiger partial charge in [0.15, 0.2) is 0 Å². The molecular formula is C40H42GeIrN4O-2. The molecule has 0 N–H and O–H groups in total. The molecule has 3 aromatic carbocycles. The molecular weight excluding hydrogens is 817 g/mol. The third-order valence-electron chi connectivity index (χ3n) is 7.81. The fraction of sp³-hybridized carbons (Fsp3) is 0.275. The fourth-order valence-electron chi connectivity index (χ4n) is 5.57. The van der Waals surface area contributed by atoms with Crippen molar-refractivity contribution in [1.29, 1.82) is 0 Å². The minimum absolute atomic E-state index is 0. The average Bonchev–Trinajstić information content (AvgIpc) is 3.60. The van der Waals surface area contributed by atoms with E-state index < -0.39 is 31.9 Å². The molecule has 47 heavy (non-hydrogen) atoms. The molecule has 243 valence electrons. The first-order valence-electron chi connectivity index (χ1n) is 17.9. The first-order valence-corrected chi connectivity index (χ1v) is 22.8. The Morgan fingerprint density at radius 3 is 2.45 bits per heavy atom. The minimum Gasteiger partial charge on any atom is 0 e. The van der Waals surface area contributed by atoms with Crippen LogP contribution in [0.25, 0.3) is 55.6 Å². The van der Waals surface area contributed by atoms with Gasteiger partial charge in [0.2, 0.25) is 0 Å². The Labute approximate surface area is 301 Å². The molecule has 0 aliphatic heterocycles. The normalized spacial score (nSPS) is 14.0. The number of pyridine rings is 2. The van der Waals surface area contributed by atoms with Crippen LogP contribution in [0.3, 0.4) is 0 Å². The van der Waals surface area contributed by atoms with Crippen molar-refractivity contribution in [2.24, 2.45) is 12.5 Å². The van der Waals surface area contributed by atoms with E-state index in [0.29, 0.717) is 16.8 Å². The summed E-state index contributed by atoms with van der Waals surface area (Å²) in [7, 11) is 1.99. The van der Waals surface area contributed by atoms with Crippen molar-refractivity contribution < 1.29 is 31.4 Å². The Morgan fingerprint density at radius 1 is 0.979 bits per heavy atom. The van der Waals surface area contributed by atoms with Gasteiger partial charge in [0, 0.05) is 38.7 Å². The topological polar surface area (TPSA) is 56.7 Å². The van der Waals surface area contributed by atoms with Gasteiger partial charge < -0.3 is 8.98 Å². The Balaban J connectivity index is 0.000000198. The smallest absolute Gasteiger partial charge is 0 e. The van der Waals surface area contributed by atoms with E-state index in [0.717, 1.165) is 48.8 Å². The summed E-state index contributed by atoms with van der Waals surface area (Å²) in [4.78, 5) is 13.5. The van der Waals surface area contributed by atoms with Gasteiger partial charge in [-0.2, -0.15) is 0 Å². The number of aromatic nitrogens is 4. The molecule has 0 aliphatic rings. The summed E-state index contributed by atoms with van der Waals surface area (Å²) in [6, 6.07) is 25.1. The molecule has 7 aromatic rings. The van der Waals surface area contributed by atoms with Crippen LogP contribution in [0.5, 0.6) is 0 Å². The van der Waals surface area contributed by atoms with Crippen LogP contribution in [0.15, 0.2) is 83.7 Å². The van der Waals surface area contributed by atoms with E-state index in [1.165, 1.54) is 11.6 Å². The monoisotopic (exact) mass is 866 g/mol. The molecule has 0 atom stereocenters. The molecule has 0 saturated heterocycles. The third-order valence-corrected chi connectivity index (χ3v) is 12.0. The quantitative estimate of drug-likeness (QED) is 0.131. The van der Waals surface area contributed by atoms with E-state index >= 15 is 0 Å². The van der Waals surface area contributed by atoms with Crippen LogP contribution in [-0.4, -0.2) is 32.8 Å². The van der Waals surface area contributed by atoms with Gasteiger partial charge in [0.05, 0.1) is 28.6 Å². The van der Waals surface area contributed by atoms with Crippen molar-refractivity contribution in [2.45, 2.75) is 58.2 Å². The molecule has 7 rings (SSSR count). The summed E-state index contributed by atoms with van der Waals surface area (Å²) in [5, 5.41) is 2.20. The van der Waals surface area contributed by atoms with E-state index in [1.54, 1.807) is 18.3 Å². The maximum Gasteiger partial charge on any atom is 0 e. The van der Waals surface area contributed by atoms with Crippen LogP contribution in [0.2, 0.25) is 17.3 Å². The molecule has 1 radical (unpaired) electrons. The zero-order chi connectivity index (χ0) is 37.1. The number of hydrogen-bond acceptors (Lipinski definition) is 4. The molecule has 7 heteroatoms. The average molecular weight is 865 g/mol. The van der Waals surface area contributed by atoms with Gasteiger partial charge in [-0.25, -0.2) is 0 Å². The van der Waals surface area contributed by atoms with Crippen LogP contribution in [-0.2, 0) is 33.5 Å². The first-order chi connectivity index (χ1) is 23.8. The second kappa shape index (κ2) is 13.5. The van der Waals surface area contributed by atoms with Crippen molar-refractivity contribution in [3.05, 3.63) is 108 Å². The van der Waals surface area contributed by atoms with E-state index in [2.05, 4.69) is 64.5 Å². The first kappa shape index (κ1) is 28.4. The Morgan fingerprint density at radius 2 is 1.77 bits per heavy atom. The van der Waals surface area contributed by atoms with Gasteiger partial charge >= 0.3 is 145 Å². The van der Waals surface area contributed by atoms with Crippen molar-refractivity contribution in [2.75, 3.05) is 0 Å². The second-order valence-corrected chi connectivity index (χ2v) is 24.4. The number of rotatable bonds is 4. The van der Waals surface area contributed by atoms with Gasteiger partial charge in [0.1, 0.15) is 5.58 Å². The van der Waals surface area contributed by atoms with E-state index in [1.807, 2.05) is 69.0 Å². The molecule has 4 heterocycles. The Hall–Kier alpha value is -3.58. The van der Waals surface area contributed by atoms with E-state index in [9.17, 15) is 0 Å². The van der Waals surface area contributed by atoms with E-state index in [4.69, 9.17) is 16.3 Å². The maximum atomic E-state index is 8.80. The zero-order valence-electron chi connectivity index (χ0n) is 33.0. The van der Waals surface area contributed by atoms with Gasteiger partial charge in [-0.3, -0.25) is 9.97 Å². The number of nitrogens with zero attached hydrogens (tertiary/aromatic N) is 4. The maximum absolute atomic E-state index is 8.80. The largest absolute Gasteiger partial charge is 0 e. The standard InChI is InChI=1S/C20H28GeN.C20H14N3O.Ir/c1-15-8-10-16(11-9-15)19-12-17(13-20(2,3)4)18(14-22-19)21(5,6)7;1-12-6-7-13-14-4-3-5-15(19(14)24-18(13)10-12)20-22-16-8-9-21-11-17(16)23(20)2;/h8-10,12,14H,13H2,1-7H3;3-4,6-11H,1-2H3;/q2*-1;/i1D3,13D2;;. The van der Waals surface area contributed by atoms with Crippen molar-refractivity contribution in [3.63, 3.8) is 0 Å². The van der Waals surface area contributed by atoms with Crippen LogP contribution < -0.4 is 4.40 Å². The molecule has 0 fully saturated rings. The molecule has 0 aliphatic carbocycles. The minimum atomic E-state index is -2.36. The number of furan rings is 1. The molecule has 4 aromatic heterocycles. The van der Waals surface area contributed by atoms with Crippen LogP contribution in [0.1, 0.15) is 44.3 Å². The second-order valence-electron chi connectivity index (χ2n) is 13.8. The summed E-state index contributed by atoms with van der Waals surface area (Å²) in [6.45, 7) is 5.62. The zero-order valence-corrected chi connectivity index (χ0v) is 32.5. The summed E-state index contributed by atoms with van der Waals surface area (Å²) in [5.41, 5.74) is 7.33. The van der Waals surface area contributed by atoms with Gasteiger partial charge in [-0.05, 0) is 24.6 Å². The predicted molar refractivity (Wildman–Crippen MR) is 194 cm³/mol. The van der Waals surface area contributed by atoms with Crippen LogP contribution >= 0.6 is 0 Å². The van der Waals surface area contributed by atoms with Gasteiger partial charge in [0.25, 0.3) is 0 Å². The summed E-state index contributed by atoms with van der Waals surface area (Å²) in [5.74, 6) is 7.53. The van der Waals surface area contributed by atoms with Gasteiger partial charge in [-0.1, -0.05) is 23.1 Å². The third kappa shape index (κ3) is 7.46. The van der Waals surface area contributed by atoms with Crippen molar-refractivity contribution in [1.82, 2.24) is 19.5 Å². The number of imidazole rings is 1. The molecule has 0 saturated carbocycles. The van der Waals surface area contributed by atoms with Crippen molar-refractivity contribution in [3.8, 4) is 22.6 Å².